The summed E-state index contributed by atoms with van der Waals surface area (Å²) in [5, 5.41) is 9.27. The minimum atomic E-state index is -0.00376. The van der Waals surface area contributed by atoms with E-state index < -0.39 is 0 Å². The maximum atomic E-state index is 11.7. The van der Waals surface area contributed by atoms with Gasteiger partial charge >= 0.3 is 6.03 Å². The van der Waals surface area contributed by atoms with Crippen molar-refractivity contribution in [3.63, 3.8) is 0 Å². The zero-order chi connectivity index (χ0) is 14.0. The molecule has 20 heavy (non-hydrogen) atoms. The van der Waals surface area contributed by atoms with Gasteiger partial charge in [0.2, 0.25) is 0 Å². The number of carbonyl (C=O) groups is 1. The number of nitrogens with one attached hydrogen (secondary N) is 3. The fraction of sp³-hybridized carbons (Fsp3) is 0.933. The summed E-state index contributed by atoms with van der Waals surface area (Å²) in [7, 11) is 0. The second kappa shape index (κ2) is 9.19. The Morgan fingerprint density at radius 2 is 1.75 bits per heavy atom. The van der Waals surface area contributed by atoms with Gasteiger partial charge in [-0.05, 0) is 12.3 Å². The monoisotopic (exact) mass is 282 g/mol. The summed E-state index contributed by atoms with van der Waals surface area (Å²) in [6.07, 6.45) is 8.00. The lowest BCUT2D eigenvalue weighted by atomic mass is 9.87. The molecule has 2 amide bonds. The van der Waals surface area contributed by atoms with Crippen LogP contribution in [-0.4, -0.2) is 56.7 Å². The molecule has 0 bridgehead atoms. The SMILES string of the molecule is O=C(NCCC1CCCCC1)NCCN1CCNCC1. The van der Waals surface area contributed by atoms with E-state index >= 15 is 0 Å². The first-order chi connectivity index (χ1) is 9.84. The Bertz CT molecular complexity index is 247. The molecule has 1 saturated carbocycles. The molecule has 2 rings (SSSR count). The second-order valence-electron chi connectivity index (χ2n) is 6.07. The Hall–Kier alpha value is -0.810. The van der Waals surface area contributed by atoms with Crippen molar-refractivity contribution in [1.29, 1.82) is 0 Å². The van der Waals surface area contributed by atoms with Gasteiger partial charge in [0.05, 0.1) is 0 Å². The number of amides is 2. The molecule has 5 nitrogen and oxygen atoms in total. The van der Waals surface area contributed by atoms with Gasteiger partial charge in [0.15, 0.2) is 0 Å². The molecular formula is C15H30N4O. The Balaban J connectivity index is 1.45. The standard InChI is InChI=1S/C15H30N4O/c20-15(17-7-6-14-4-2-1-3-5-14)18-10-13-19-11-8-16-9-12-19/h14,16H,1-13H2,(H2,17,18,20). The fourth-order valence-corrected chi connectivity index (χ4v) is 3.19. The third kappa shape index (κ3) is 6.09. The van der Waals surface area contributed by atoms with Crippen LogP contribution in [0.2, 0.25) is 0 Å². The molecule has 2 aliphatic rings. The van der Waals surface area contributed by atoms with Crippen molar-refractivity contribution < 1.29 is 4.79 Å². The van der Waals surface area contributed by atoms with Crippen LogP contribution in [0.25, 0.3) is 0 Å². The van der Waals surface area contributed by atoms with E-state index in [9.17, 15) is 4.79 Å². The summed E-state index contributed by atoms with van der Waals surface area (Å²) in [5.41, 5.74) is 0. The summed E-state index contributed by atoms with van der Waals surface area (Å²) in [5.74, 6) is 0.838. The van der Waals surface area contributed by atoms with E-state index in [0.717, 1.165) is 58.2 Å². The molecule has 1 saturated heterocycles. The fourth-order valence-electron chi connectivity index (χ4n) is 3.19. The molecule has 0 unspecified atom stereocenters. The summed E-state index contributed by atoms with van der Waals surface area (Å²) in [6, 6.07) is -0.00376. The van der Waals surface area contributed by atoms with Crippen LogP contribution in [0.1, 0.15) is 38.5 Å². The number of rotatable bonds is 6. The molecule has 0 aromatic rings. The van der Waals surface area contributed by atoms with Crippen LogP contribution in [0, 0.1) is 5.92 Å². The molecule has 0 spiro atoms. The predicted octanol–water partition coefficient (Wildman–Crippen LogP) is 1.16. The minimum Gasteiger partial charge on any atom is -0.338 e. The van der Waals surface area contributed by atoms with Crippen LogP contribution >= 0.6 is 0 Å². The first kappa shape index (κ1) is 15.6. The molecule has 0 aromatic carbocycles. The van der Waals surface area contributed by atoms with Gasteiger partial charge in [0, 0.05) is 45.8 Å². The van der Waals surface area contributed by atoms with Crippen LogP contribution in [-0.2, 0) is 0 Å². The topological polar surface area (TPSA) is 56.4 Å². The van der Waals surface area contributed by atoms with Gasteiger partial charge in [-0.1, -0.05) is 32.1 Å². The number of urea groups is 1. The van der Waals surface area contributed by atoms with Gasteiger partial charge in [0.1, 0.15) is 0 Å². The van der Waals surface area contributed by atoms with Gasteiger partial charge in [-0.15, -0.1) is 0 Å². The molecule has 0 aromatic heterocycles. The third-order valence-electron chi connectivity index (χ3n) is 4.49. The molecule has 0 radical (unpaired) electrons. The van der Waals surface area contributed by atoms with Crippen LogP contribution in [0.3, 0.4) is 0 Å². The maximum absolute atomic E-state index is 11.7. The van der Waals surface area contributed by atoms with Gasteiger partial charge in [-0.2, -0.15) is 0 Å². The van der Waals surface area contributed by atoms with Crippen molar-refractivity contribution in [3.05, 3.63) is 0 Å². The highest BCUT2D eigenvalue weighted by Gasteiger charge is 2.13. The van der Waals surface area contributed by atoms with Crippen LogP contribution in [0.15, 0.2) is 0 Å². The third-order valence-corrected chi connectivity index (χ3v) is 4.49. The highest BCUT2D eigenvalue weighted by molar-refractivity contribution is 5.73. The molecule has 1 aliphatic carbocycles. The van der Waals surface area contributed by atoms with Crippen molar-refractivity contribution in [3.8, 4) is 0 Å². The molecular weight excluding hydrogens is 252 g/mol. The van der Waals surface area contributed by atoms with Crippen molar-refractivity contribution >= 4 is 6.03 Å². The summed E-state index contributed by atoms with van der Waals surface area (Å²) >= 11 is 0. The molecule has 1 heterocycles. The van der Waals surface area contributed by atoms with Crippen LogP contribution < -0.4 is 16.0 Å². The first-order valence-corrected chi connectivity index (χ1v) is 8.29. The predicted molar refractivity (Wildman–Crippen MR) is 81.9 cm³/mol. The Morgan fingerprint density at radius 3 is 2.50 bits per heavy atom. The number of piperazine rings is 1. The average Bonchev–Trinajstić information content (AvgIpc) is 2.49. The van der Waals surface area contributed by atoms with E-state index in [1.165, 1.54) is 32.1 Å². The van der Waals surface area contributed by atoms with Gasteiger partial charge < -0.3 is 16.0 Å². The molecule has 3 N–H and O–H groups in total. The van der Waals surface area contributed by atoms with Crippen LogP contribution in [0.4, 0.5) is 4.79 Å². The van der Waals surface area contributed by atoms with Gasteiger partial charge in [-0.25, -0.2) is 4.79 Å². The van der Waals surface area contributed by atoms with Crippen molar-refractivity contribution in [2.75, 3.05) is 45.8 Å². The maximum Gasteiger partial charge on any atom is 0.314 e. The van der Waals surface area contributed by atoms with E-state index in [0.29, 0.717) is 0 Å². The first-order valence-electron chi connectivity index (χ1n) is 8.29. The summed E-state index contributed by atoms with van der Waals surface area (Å²) < 4.78 is 0. The number of carbonyl (C=O) groups excluding carboxylic acids is 1. The largest absolute Gasteiger partial charge is 0.338 e. The zero-order valence-corrected chi connectivity index (χ0v) is 12.6. The Morgan fingerprint density at radius 1 is 1.05 bits per heavy atom. The highest BCUT2D eigenvalue weighted by atomic mass is 16.2. The van der Waals surface area contributed by atoms with Crippen molar-refractivity contribution in [2.24, 2.45) is 5.92 Å². The normalized spacial score (nSPS) is 21.6. The molecule has 1 aliphatic heterocycles. The Kier molecular flexibility index (Phi) is 7.15. The second-order valence-corrected chi connectivity index (χ2v) is 6.07. The van der Waals surface area contributed by atoms with Crippen molar-refractivity contribution in [2.45, 2.75) is 38.5 Å². The smallest absolute Gasteiger partial charge is 0.314 e. The molecule has 2 fully saturated rings. The minimum absolute atomic E-state index is 0.00376. The average molecular weight is 282 g/mol. The van der Waals surface area contributed by atoms with Gasteiger partial charge in [-0.3, -0.25) is 4.90 Å². The van der Waals surface area contributed by atoms with Crippen molar-refractivity contribution in [1.82, 2.24) is 20.9 Å². The quantitative estimate of drug-likeness (QED) is 0.685. The zero-order valence-electron chi connectivity index (χ0n) is 12.6. The summed E-state index contributed by atoms with van der Waals surface area (Å²) in [6.45, 7) is 6.83. The number of hydrogen-bond acceptors (Lipinski definition) is 3. The Labute approximate surface area is 122 Å². The number of hydrogen-bond donors (Lipinski definition) is 3. The molecule has 0 atom stereocenters. The van der Waals surface area contributed by atoms with E-state index in [-0.39, 0.29) is 6.03 Å². The van der Waals surface area contributed by atoms with Crippen LogP contribution in [0.5, 0.6) is 0 Å². The van der Waals surface area contributed by atoms with E-state index in [1.807, 2.05) is 0 Å². The molecule has 116 valence electrons. The summed E-state index contributed by atoms with van der Waals surface area (Å²) in [4.78, 5) is 14.1. The van der Waals surface area contributed by atoms with E-state index in [1.54, 1.807) is 0 Å². The lowest BCUT2D eigenvalue weighted by Crippen LogP contribution is -2.47. The lowest BCUT2D eigenvalue weighted by Gasteiger charge is -2.27. The van der Waals surface area contributed by atoms with E-state index in [2.05, 4.69) is 20.9 Å². The lowest BCUT2D eigenvalue weighted by molar-refractivity contribution is 0.226. The van der Waals surface area contributed by atoms with Gasteiger partial charge in [0.25, 0.3) is 0 Å². The van der Waals surface area contributed by atoms with E-state index in [4.69, 9.17) is 0 Å². The number of nitrogens with zero attached hydrogens (tertiary/aromatic N) is 1. The molecule has 5 heteroatoms. The highest BCUT2D eigenvalue weighted by Crippen LogP contribution is 2.25.